The molecule has 106 valence electrons. The van der Waals surface area contributed by atoms with Gasteiger partial charge in [0.15, 0.2) is 0 Å². The van der Waals surface area contributed by atoms with Gasteiger partial charge in [-0.05, 0) is 17.0 Å². The molecule has 0 unspecified atom stereocenters. The van der Waals surface area contributed by atoms with Gasteiger partial charge in [-0.2, -0.15) is 5.10 Å². The van der Waals surface area contributed by atoms with Crippen LogP contribution in [0.2, 0.25) is 0 Å². The normalized spacial score (nSPS) is 15.4. The van der Waals surface area contributed by atoms with Gasteiger partial charge >= 0.3 is 5.97 Å². The number of carbonyl (C=O) groups excluding carboxylic acids is 1. The number of carboxylic acids is 1. The highest BCUT2D eigenvalue weighted by molar-refractivity contribution is 6.36. The molecule has 2 rings (SSSR count). The van der Waals surface area contributed by atoms with Gasteiger partial charge in [-0.1, -0.05) is 38.1 Å². The molecule has 1 aliphatic rings. The first kappa shape index (κ1) is 14.2. The van der Waals surface area contributed by atoms with E-state index in [0.717, 1.165) is 5.56 Å². The van der Waals surface area contributed by atoms with Crippen molar-refractivity contribution in [2.24, 2.45) is 5.10 Å². The van der Waals surface area contributed by atoms with Crippen molar-refractivity contribution in [3.63, 3.8) is 0 Å². The molecule has 1 aliphatic heterocycles. The third kappa shape index (κ3) is 3.23. The van der Waals surface area contributed by atoms with Crippen LogP contribution in [0.1, 0.15) is 43.7 Å². The van der Waals surface area contributed by atoms with Crippen LogP contribution in [0.3, 0.4) is 0 Å². The maximum absolute atomic E-state index is 11.8. The number of rotatable bonds is 4. The lowest BCUT2D eigenvalue weighted by Crippen LogP contribution is -2.33. The van der Waals surface area contributed by atoms with Crippen LogP contribution < -0.4 is 0 Å². The maximum Gasteiger partial charge on any atom is 0.352 e. The average Bonchev–Trinajstić information content (AvgIpc) is 2.41. The molecular formula is C15H18N2O3. The molecule has 1 aromatic rings. The van der Waals surface area contributed by atoms with Gasteiger partial charge in [0.25, 0.3) is 0 Å². The van der Waals surface area contributed by atoms with Gasteiger partial charge in [0.2, 0.25) is 5.91 Å². The highest BCUT2D eigenvalue weighted by Gasteiger charge is 2.24. The van der Waals surface area contributed by atoms with E-state index in [4.69, 9.17) is 5.11 Å². The number of benzene rings is 1. The zero-order chi connectivity index (χ0) is 14.7. The van der Waals surface area contributed by atoms with Crippen LogP contribution in [-0.2, 0) is 16.1 Å². The van der Waals surface area contributed by atoms with Crippen molar-refractivity contribution in [3.8, 4) is 0 Å². The molecule has 0 aliphatic carbocycles. The minimum absolute atomic E-state index is 0.0448. The standard InChI is InChI=1S/C15H18N2O3/c1-10(2)12-5-3-11(4-6-12)9-17-14(18)8-7-13(16-17)15(19)20/h3-6,10H,7-9H2,1-2H3,(H,19,20). The summed E-state index contributed by atoms with van der Waals surface area (Å²) >= 11 is 0. The topological polar surface area (TPSA) is 70.0 Å². The molecule has 0 fully saturated rings. The SMILES string of the molecule is CC(C)c1ccc(CN2N=C(C(=O)O)CCC2=O)cc1. The van der Waals surface area contributed by atoms with Gasteiger partial charge in [-0.3, -0.25) is 4.79 Å². The zero-order valence-electron chi connectivity index (χ0n) is 11.7. The number of aliphatic carboxylic acids is 1. The van der Waals surface area contributed by atoms with Crippen LogP contribution in [-0.4, -0.2) is 27.7 Å². The minimum atomic E-state index is -1.06. The van der Waals surface area contributed by atoms with Crippen LogP contribution in [0.15, 0.2) is 29.4 Å². The number of hydrazone groups is 1. The molecule has 1 heterocycles. The van der Waals surface area contributed by atoms with E-state index in [2.05, 4.69) is 18.9 Å². The largest absolute Gasteiger partial charge is 0.477 e. The van der Waals surface area contributed by atoms with Crippen molar-refractivity contribution in [2.45, 2.75) is 39.2 Å². The van der Waals surface area contributed by atoms with Gasteiger partial charge < -0.3 is 5.11 Å². The highest BCUT2D eigenvalue weighted by Crippen LogP contribution is 2.17. The van der Waals surface area contributed by atoms with Crippen LogP contribution in [0.4, 0.5) is 0 Å². The quantitative estimate of drug-likeness (QED) is 0.916. The maximum atomic E-state index is 11.8. The van der Waals surface area contributed by atoms with E-state index < -0.39 is 5.97 Å². The van der Waals surface area contributed by atoms with E-state index in [9.17, 15) is 9.59 Å². The van der Waals surface area contributed by atoms with E-state index in [0.29, 0.717) is 12.5 Å². The van der Waals surface area contributed by atoms with Crippen molar-refractivity contribution < 1.29 is 14.7 Å². The van der Waals surface area contributed by atoms with Crippen LogP contribution in [0.5, 0.6) is 0 Å². The first-order chi connectivity index (χ1) is 9.47. The van der Waals surface area contributed by atoms with Crippen molar-refractivity contribution in [2.75, 3.05) is 0 Å². The number of nitrogens with zero attached hydrogens (tertiary/aromatic N) is 2. The number of hydrogen-bond acceptors (Lipinski definition) is 3. The Hall–Kier alpha value is -2.17. The molecule has 1 aromatic carbocycles. The third-order valence-electron chi connectivity index (χ3n) is 3.33. The van der Waals surface area contributed by atoms with E-state index in [1.807, 2.05) is 24.3 Å². The molecule has 1 N–H and O–H groups in total. The number of carbonyl (C=O) groups is 2. The first-order valence-electron chi connectivity index (χ1n) is 6.67. The van der Waals surface area contributed by atoms with Gasteiger partial charge in [0.1, 0.15) is 5.71 Å². The minimum Gasteiger partial charge on any atom is -0.477 e. The van der Waals surface area contributed by atoms with E-state index in [1.54, 1.807) is 0 Å². The summed E-state index contributed by atoms with van der Waals surface area (Å²) in [6, 6.07) is 7.95. The zero-order valence-corrected chi connectivity index (χ0v) is 11.7. The van der Waals surface area contributed by atoms with Crippen LogP contribution in [0.25, 0.3) is 0 Å². The van der Waals surface area contributed by atoms with Gasteiger partial charge in [0, 0.05) is 12.8 Å². The number of carboxylic acid groups (broad SMARTS) is 1. The number of amides is 1. The molecule has 0 atom stereocenters. The summed E-state index contributed by atoms with van der Waals surface area (Å²) in [6.45, 7) is 4.55. The van der Waals surface area contributed by atoms with Gasteiger partial charge in [-0.25, -0.2) is 9.80 Å². The van der Waals surface area contributed by atoms with Crippen molar-refractivity contribution in [1.82, 2.24) is 5.01 Å². The Labute approximate surface area is 117 Å². The summed E-state index contributed by atoms with van der Waals surface area (Å²) < 4.78 is 0. The predicted octanol–water partition coefficient (Wildman–Crippen LogP) is 2.37. The van der Waals surface area contributed by atoms with E-state index in [-0.39, 0.29) is 24.5 Å². The molecular weight excluding hydrogens is 256 g/mol. The third-order valence-corrected chi connectivity index (χ3v) is 3.33. The monoisotopic (exact) mass is 274 g/mol. The Balaban J connectivity index is 2.13. The van der Waals surface area contributed by atoms with Crippen molar-refractivity contribution >= 4 is 17.6 Å². The van der Waals surface area contributed by atoms with Crippen LogP contribution in [0, 0.1) is 0 Å². The summed E-state index contributed by atoms with van der Waals surface area (Å²) in [7, 11) is 0. The fourth-order valence-electron chi connectivity index (χ4n) is 2.06. The second-order valence-corrected chi connectivity index (χ2v) is 5.20. The molecule has 0 saturated heterocycles. The highest BCUT2D eigenvalue weighted by atomic mass is 16.4. The smallest absolute Gasteiger partial charge is 0.352 e. The molecule has 5 nitrogen and oxygen atoms in total. The van der Waals surface area contributed by atoms with Crippen LogP contribution >= 0.6 is 0 Å². The second-order valence-electron chi connectivity index (χ2n) is 5.20. The Morgan fingerprint density at radius 1 is 1.30 bits per heavy atom. The molecule has 0 radical (unpaired) electrons. The summed E-state index contributed by atoms with van der Waals surface area (Å²) in [5.41, 5.74) is 2.22. The Bertz CT molecular complexity index is 547. The summed E-state index contributed by atoms with van der Waals surface area (Å²) in [4.78, 5) is 22.7. The molecule has 0 aromatic heterocycles. The van der Waals surface area contributed by atoms with E-state index >= 15 is 0 Å². The lowest BCUT2D eigenvalue weighted by atomic mass is 10.0. The van der Waals surface area contributed by atoms with Crippen molar-refractivity contribution in [1.29, 1.82) is 0 Å². The lowest BCUT2D eigenvalue weighted by molar-refractivity contribution is -0.133. The Kier molecular flexibility index (Phi) is 4.17. The summed E-state index contributed by atoms with van der Waals surface area (Å²) in [5.74, 6) is -0.738. The van der Waals surface area contributed by atoms with Gasteiger partial charge in [-0.15, -0.1) is 0 Å². The fourth-order valence-corrected chi connectivity index (χ4v) is 2.06. The van der Waals surface area contributed by atoms with Gasteiger partial charge in [0.05, 0.1) is 6.54 Å². The van der Waals surface area contributed by atoms with Crippen molar-refractivity contribution in [3.05, 3.63) is 35.4 Å². The van der Waals surface area contributed by atoms with E-state index in [1.165, 1.54) is 10.6 Å². The molecule has 0 spiro atoms. The predicted molar refractivity (Wildman–Crippen MR) is 75.4 cm³/mol. The molecule has 5 heteroatoms. The lowest BCUT2D eigenvalue weighted by Gasteiger charge is -2.22. The second kappa shape index (κ2) is 5.86. The summed E-state index contributed by atoms with van der Waals surface area (Å²) in [5, 5.41) is 14.1. The number of hydrogen-bond donors (Lipinski definition) is 1. The fraction of sp³-hybridized carbons (Fsp3) is 0.400. The Morgan fingerprint density at radius 2 is 1.95 bits per heavy atom. The molecule has 1 amide bonds. The average molecular weight is 274 g/mol. The first-order valence-corrected chi connectivity index (χ1v) is 6.67. The molecule has 0 bridgehead atoms. The molecule has 20 heavy (non-hydrogen) atoms. The summed E-state index contributed by atoms with van der Waals surface area (Å²) in [6.07, 6.45) is 0.409. The Morgan fingerprint density at radius 3 is 2.50 bits per heavy atom. The molecule has 0 saturated carbocycles.